The zero-order valence-electron chi connectivity index (χ0n) is 10.7. The fraction of sp³-hybridized carbons (Fsp3) is 0.417. The molecule has 0 fully saturated rings. The summed E-state index contributed by atoms with van der Waals surface area (Å²) in [7, 11) is 6.55. The maximum absolute atomic E-state index is 5.29. The number of hydrogen-bond acceptors (Lipinski definition) is 5. The van der Waals surface area contributed by atoms with Gasteiger partial charge in [-0.05, 0) is 18.4 Å². The first kappa shape index (κ1) is 13.7. The minimum Gasteiger partial charge on any atom is -0.493 e. The van der Waals surface area contributed by atoms with E-state index >= 15 is 0 Å². The second-order valence-corrected chi connectivity index (χ2v) is 3.94. The Morgan fingerprint density at radius 1 is 1.06 bits per heavy atom. The lowest BCUT2D eigenvalue weighted by molar-refractivity contribution is 0.324. The van der Waals surface area contributed by atoms with Crippen LogP contribution < -0.4 is 14.2 Å². The van der Waals surface area contributed by atoms with Gasteiger partial charge < -0.3 is 14.2 Å². The van der Waals surface area contributed by atoms with E-state index in [1.807, 2.05) is 18.4 Å². The van der Waals surface area contributed by atoms with Gasteiger partial charge in [-0.25, -0.2) is 0 Å². The zero-order chi connectivity index (χ0) is 12.8. The van der Waals surface area contributed by atoms with Crippen molar-refractivity contribution >= 4 is 16.8 Å². The van der Waals surface area contributed by atoms with Gasteiger partial charge in [0, 0.05) is 12.6 Å². The molecule has 0 aliphatic heterocycles. The van der Waals surface area contributed by atoms with Crippen molar-refractivity contribution < 1.29 is 14.2 Å². The summed E-state index contributed by atoms with van der Waals surface area (Å²) >= 11 is 1.57. The van der Waals surface area contributed by atoms with Gasteiger partial charge in [0.2, 0.25) is 5.75 Å². The third-order valence-corrected chi connectivity index (χ3v) is 3.11. The standard InChI is InChI=1S/C12H17NO3S/c1-13-12(17-5)8-6-9(14-2)11(16-4)10(7-8)15-3/h6-7H,1-5H3. The maximum Gasteiger partial charge on any atom is 0.203 e. The van der Waals surface area contributed by atoms with E-state index in [0.717, 1.165) is 10.6 Å². The molecule has 0 radical (unpaired) electrons. The van der Waals surface area contributed by atoms with E-state index in [2.05, 4.69) is 4.99 Å². The summed E-state index contributed by atoms with van der Waals surface area (Å²) in [5.41, 5.74) is 0.953. The lowest BCUT2D eigenvalue weighted by Crippen LogP contribution is -2.00. The summed E-state index contributed by atoms with van der Waals surface area (Å²) in [5, 5.41) is 0.921. The van der Waals surface area contributed by atoms with Gasteiger partial charge in [0.1, 0.15) is 0 Å². The van der Waals surface area contributed by atoms with Crippen LogP contribution >= 0.6 is 11.8 Å². The first-order chi connectivity index (χ1) is 8.21. The van der Waals surface area contributed by atoms with Gasteiger partial charge >= 0.3 is 0 Å². The minimum absolute atomic E-state index is 0.593. The highest BCUT2D eigenvalue weighted by Gasteiger charge is 2.15. The Balaban J connectivity index is 3.36. The van der Waals surface area contributed by atoms with Gasteiger partial charge in [-0.2, -0.15) is 0 Å². The van der Waals surface area contributed by atoms with E-state index in [1.54, 1.807) is 40.1 Å². The van der Waals surface area contributed by atoms with Crippen molar-refractivity contribution in [3.8, 4) is 17.2 Å². The number of aliphatic imine (C=N–C) groups is 1. The van der Waals surface area contributed by atoms with Crippen LogP contribution in [0.3, 0.4) is 0 Å². The lowest BCUT2D eigenvalue weighted by atomic mass is 10.2. The molecule has 0 atom stereocenters. The molecule has 5 heteroatoms. The summed E-state index contributed by atoms with van der Waals surface area (Å²) in [6.45, 7) is 0. The molecule has 0 spiro atoms. The van der Waals surface area contributed by atoms with E-state index in [4.69, 9.17) is 14.2 Å². The average Bonchev–Trinajstić information content (AvgIpc) is 2.38. The summed E-state index contributed by atoms with van der Waals surface area (Å²) < 4.78 is 15.8. The van der Waals surface area contributed by atoms with Crippen LogP contribution in [0.1, 0.15) is 5.56 Å². The van der Waals surface area contributed by atoms with Crippen molar-refractivity contribution in [2.45, 2.75) is 0 Å². The topological polar surface area (TPSA) is 40.0 Å². The molecule has 0 saturated carbocycles. The van der Waals surface area contributed by atoms with Crippen LogP contribution in [0.2, 0.25) is 0 Å². The van der Waals surface area contributed by atoms with Crippen LogP contribution in [0.15, 0.2) is 17.1 Å². The van der Waals surface area contributed by atoms with Crippen LogP contribution in [0.25, 0.3) is 0 Å². The lowest BCUT2D eigenvalue weighted by Gasteiger charge is -2.14. The van der Waals surface area contributed by atoms with Crippen molar-refractivity contribution in [2.24, 2.45) is 4.99 Å². The number of ether oxygens (including phenoxy) is 3. The number of hydrogen-bond donors (Lipinski definition) is 0. The van der Waals surface area contributed by atoms with E-state index in [0.29, 0.717) is 17.2 Å². The Bertz CT molecular complexity index is 393. The van der Waals surface area contributed by atoms with Crippen molar-refractivity contribution in [3.63, 3.8) is 0 Å². The van der Waals surface area contributed by atoms with Crippen molar-refractivity contribution in [1.82, 2.24) is 0 Å². The second kappa shape index (κ2) is 6.39. The normalized spacial score (nSPS) is 11.2. The molecule has 0 saturated heterocycles. The van der Waals surface area contributed by atoms with E-state index in [1.165, 1.54) is 0 Å². The fourth-order valence-electron chi connectivity index (χ4n) is 1.54. The molecule has 0 aliphatic carbocycles. The van der Waals surface area contributed by atoms with Crippen LogP contribution in [0.5, 0.6) is 17.2 Å². The monoisotopic (exact) mass is 255 g/mol. The summed E-state index contributed by atoms with van der Waals surface area (Å²) in [6, 6.07) is 3.78. The third-order valence-electron chi connectivity index (χ3n) is 2.31. The summed E-state index contributed by atoms with van der Waals surface area (Å²) in [5.74, 6) is 1.87. The van der Waals surface area contributed by atoms with Crippen molar-refractivity contribution in [3.05, 3.63) is 17.7 Å². The van der Waals surface area contributed by atoms with Crippen molar-refractivity contribution in [1.29, 1.82) is 0 Å². The predicted molar refractivity (Wildman–Crippen MR) is 72.1 cm³/mol. The Morgan fingerprint density at radius 3 is 1.88 bits per heavy atom. The minimum atomic E-state index is 0.593. The molecule has 0 heterocycles. The van der Waals surface area contributed by atoms with E-state index < -0.39 is 0 Å². The first-order valence-corrected chi connectivity index (χ1v) is 6.25. The van der Waals surface area contributed by atoms with Crippen LogP contribution in [0, 0.1) is 0 Å². The largest absolute Gasteiger partial charge is 0.493 e. The molecule has 1 rings (SSSR count). The molecule has 1 aromatic rings. The first-order valence-electron chi connectivity index (χ1n) is 5.03. The van der Waals surface area contributed by atoms with Gasteiger partial charge in [-0.3, -0.25) is 4.99 Å². The smallest absolute Gasteiger partial charge is 0.203 e. The second-order valence-electron chi connectivity index (χ2n) is 3.15. The number of rotatable bonds is 4. The molecule has 0 bridgehead atoms. The molecule has 94 valence electrons. The fourth-order valence-corrected chi connectivity index (χ4v) is 2.08. The molecule has 1 aromatic carbocycles. The Kier molecular flexibility index (Phi) is 5.15. The molecule has 0 N–H and O–H groups in total. The number of benzene rings is 1. The zero-order valence-corrected chi connectivity index (χ0v) is 11.6. The maximum atomic E-state index is 5.29. The van der Waals surface area contributed by atoms with Crippen LogP contribution in [-0.4, -0.2) is 39.7 Å². The Hall–Kier alpha value is -1.36. The van der Waals surface area contributed by atoms with E-state index in [-0.39, 0.29) is 0 Å². The van der Waals surface area contributed by atoms with Gasteiger partial charge in [-0.15, -0.1) is 11.8 Å². The highest BCUT2D eigenvalue weighted by atomic mass is 32.2. The SMILES string of the molecule is CN=C(SC)c1cc(OC)c(OC)c(OC)c1. The number of methoxy groups -OCH3 is 3. The molecule has 0 aromatic heterocycles. The van der Waals surface area contributed by atoms with Crippen molar-refractivity contribution in [2.75, 3.05) is 34.6 Å². The van der Waals surface area contributed by atoms with Crippen LogP contribution in [-0.2, 0) is 0 Å². The third kappa shape index (κ3) is 2.85. The summed E-state index contributed by atoms with van der Waals surface area (Å²) in [4.78, 5) is 4.21. The van der Waals surface area contributed by atoms with E-state index in [9.17, 15) is 0 Å². The molecular formula is C12H17NO3S. The average molecular weight is 255 g/mol. The predicted octanol–water partition coefficient (Wildman–Crippen LogP) is 2.45. The highest BCUT2D eigenvalue weighted by Crippen LogP contribution is 2.38. The molecule has 0 amide bonds. The Labute approximate surface area is 106 Å². The van der Waals surface area contributed by atoms with Gasteiger partial charge in [0.05, 0.1) is 26.4 Å². The van der Waals surface area contributed by atoms with Gasteiger partial charge in [-0.1, -0.05) is 0 Å². The number of thioether (sulfide) groups is 1. The molecule has 0 unspecified atom stereocenters. The number of nitrogens with zero attached hydrogens (tertiary/aromatic N) is 1. The Morgan fingerprint density at radius 2 is 1.59 bits per heavy atom. The van der Waals surface area contributed by atoms with Crippen LogP contribution in [0.4, 0.5) is 0 Å². The molecule has 0 aliphatic rings. The van der Waals surface area contributed by atoms with Gasteiger partial charge in [0.25, 0.3) is 0 Å². The quantitative estimate of drug-likeness (QED) is 0.612. The van der Waals surface area contributed by atoms with Gasteiger partial charge in [0.15, 0.2) is 11.5 Å². The summed E-state index contributed by atoms with van der Waals surface area (Å²) in [6.07, 6.45) is 1.98. The molecule has 4 nitrogen and oxygen atoms in total. The molecular weight excluding hydrogens is 238 g/mol. The highest BCUT2D eigenvalue weighted by molar-refractivity contribution is 8.13. The molecule has 17 heavy (non-hydrogen) atoms.